The first-order valence-electron chi connectivity index (χ1n) is 8.70. The minimum absolute atomic E-state index is 0.122. The van der Waals surface area contributed by atoms with Gasteiger partial charge < -0.3 is 20.1 Å². The highest BCUT2D eigenvalue weighted by molar-refractivity contribution is 6.06. The highest BCUT2D eigenvalue weighted by Crippen LogP contribution is 2.27. The number of hydrogen-bond donors (Lipinski definition) is 2. The molecule has 0 radical (unpaired) electrons. The summed E-state index contributed by atoms with van der Waals surface area (Å²) < 4.78 is 10.5. The fourth-order valence-electron chi connectivity index (χ4n) is 2.97. The van der Waals surface area contributed by atoms with Gasteiger partial charge in [-0.3, -0.25) is 9.59 Å². The van der Waals surface area contributed by atoms with Crippen molar-refractivity contribution in [3.63, 3.8) is 0 Å². The lowest BCUT2D eigenvalue weighted by Crippen LogP contribution is -2.40. The number of para-hydroxylation sites is 1. The second kappa shape index (κ2) is 8.39. The molecule has 144 valence electrons. The minimum Gasteiger partial charge on any atom is -0.466 e. The molecular formula is C21H20N2O5. The van der Waals surface area contributed by atoms with E-state index in [1.807, 2.05) is 30.3 Å². The van der Waals surface area contributed by atoms with Gasteiger partial charge in [-0.1, -0.05) is 18.2 Å². The van der Waals surface area contributed by atoms with Crippen LogP contribution in [0.25, 0.3) is 0 Å². The van der Waals surface area contributed by atoms with Crippen molar-refractivity contribution in [1.29, 1.82) is 0 Å². The zero-order chi connectivity index (χ0) is 20.1. The maximum atomic E-state index is 12.7. The Bertz CT molecular complexity index is 920. The number of benzene rings is 2. The van der Waals surface area contributed by atoms with Crippen LogP contribution in [0.1, 0.15) is 13.3 Å². The summed E-state index contributed by atoms with van der Waals surface area (Å²) in [6.45, 7) is 1.57. The van der Waals surface area contributed by atoms with Gasteiger partial charge in [-0.05, 0) is 43.3 Å². The molecule has 0 aromatic heterocycles. The Morgan fingerprint density at radius 2 is 1.68 bits per heavy atom. The Balaban J connectivity index is 1.72. The van der Waals surface area contributed by atoms with E-state index in [0.717, 1.165) is 0 Å². The van der Waals surface area contributed by atoms with Crippen molar-refractivity contribution in [2.75, 3.05) is 12.4 Å². The maximum Gasteiger partial charge on any atom is 0.336 e. The molecular weight excluding hydrogens is 360 g/mol. The number of nitrogens with one attached hydrogen (secondary N) is 2. The Morgan fingerprint density at radius 3 is 2.32 bits per heavy atom. The number of carbonyl (C=O) groups is 3. The molecule has 2 amide bonds. The van der Waals surface area contributed by atoms with Gasteiger partial charge in [-0.15, -0.1) is 0 Å². The van der Waals surface area contributed by atoms with Crippen LogP contribution in [-0.2, 0) is 19.1 Å². The lowest BCUT2D eigenvalue weighted by atomic mass is 9.89. The van der Waals surface area contributed by atoms with Gasteiger partial charge in [0.05, 0.1) is 18.6 Å². The third kappa shape index (κ3) is 4.37. The fourth-order valence-corrected chi connectivity index (χ4v) is 2.97. The summed E-state index contributed by atoms with van der Waals surface area (Å²) in [5, 5.41) is 5.30. The third-order valence-electron chi connectivity index (χ3n) is 4.29. The first-order chi connectivity index (χ1) is 13.5. The lowest BCUT2D eigenvalue weighted by molar-refractivity contribution is -0.139. The van der Waals surface area contributed by atoms with E-state index in [1.165, 1.54) is 7.11 Å². The molecule has 1 heterocycles. The van der Waals surface area contributed by atoms with E-state index in [-0.39, 0.29) is 17.9 Å². The summed E-state index contributed by atoms with van der Waals surface area (Å²) in [4.78, 5) is 36.6. The number of amides is 2. The van der Waals surface area contributed by atoms with Gasteiger partial charge in [-0.25, -0.2) is 4.79 Å². The van der Waals surface area contributed by atoms with E-state index in [9.17, 15) is 14.4 Å². The molecule has 0 spiro atoms. The molecule has 2 aromatic rings. The maximum absolute atomic E-state index is 12.7. The topological polar surface area (TPSA) is 93.7 Å². The number of allylic oxidation sites excluding steroid dienone is 1. The normalized spacial score (nSPS) is 16.2. The second-order valence-corrected chi connectivity index (χ2v) is 6.26. The number of anilines is 1. The van der Waals surface area contributed by atoms with Crippen molar-refractivity contribution < 1.29 is 23.9 Å². The van der Waals surface area contributed by atoms with Crippen molar-refractivity contribution in [3.8, 4) is 11.5 Å². The first kappa shape index (κ1) is 19.2. The number of carbonyl (C=O) groups excluding carboxylic acids is 3. The number of esters is 1. The van der Waals surface area contributed by atoms with Gasteiger partial charge in [0.1, 0.15) is 11.5 Å². The van der Waals surface area contributed by atoms with Crippen molar-refractivity contribution in [2.24, 2.45) is 5.92 Å². The zero-order valence-electron chi connectivity index (χ0n) is 15.5. The highest BCUT2D eigenvalue weighted by atomic mass is 16.5. The first-order valence-corrected chi connectivity index (χ1v) is 8.70. The molecule has 1 aliphatic rings. The van der Waals surface area contributed by atoms with Crippen LogP contribution < -0.4 is 15.4 Å². The summed E-state index contributed by atoms with van der Waals surface area (Å²) in [6, 6.07) is 16.1. The SMILES string of the molecule is COC(=O)C1=C(C)NC(=O)C[C@@H]1C(=O)Nc1ccc(Oc2ccccc2)cc1. The molecule has 28 heavy (non-hydrogen) atoms. The van der Waals surface area contributed by atoms with Crippen molar-refractivity contribution in [1.82, 2.24) is 5.32 Å². The van der Waals surface area contributed by atoms with Gasteiger partial charge in [0.2, 0.25) is 11.8 Å². The van der Waals surface area contributed by atoms with E-state index in [2.05, 4.69) is 10.6 Å². The number of methoxy groups -OCH3 is 1. The molecule has 0 saturated heterocycles. The van der Waals surface area contributed by atoms with E-state index in [1.54, 1.807) is 31.2 Å². The lowest BCUT2D eigenvalue weighted by Gasteiger charge is -2.25. The molecule has 3 rings (SSSR count). The van der Waals surface area contributed by atoms with Crippen molar-refractivity contribution >= 4 is 23.5 Å². The van der Waals surface area contributed by atoms with Gasteiger partial charge in [0, 0.05) is 17.8 Å². The third-order valence-corrected chi connectivity index (χ3v) is 4.29. The molecule has 0 unspecified atom stereocenters. The van der Waals surface area contributed by atoms with E-state index >= 15 is 0 Å². The van der Waals surface area contributed by atoms with Crippen LogP contribution in [-0.4, -0.2) is 24.9 Å². The van der Waals surface area contributed by atoms with Gasteiger partial charge in [-0.2, -0.15) is 0 Å². The van der Waals surface area contributed by atoms with Crippen LogP contribution in [0.4, 0.5) is 5.69 Å². The summed E-state index contributed by atoms with van der Waals surface area (Å²) in [6.07, 6.45) is -0.122. The molecule has 2 aromatic carbocycles. The summed E-state index contributed by atoms with van der Waals surface area (Å²) in [5.74, 6) is -1.00. The van der Waals surface area contributed by atoms with Gasteiger partial charge >= 0.3 is 5.97 Å². The van der Waals surface area contributed by atoms with Crippen molar-refractivity contribution in [2.45, 2.75) is 13.3 Å². The molecule has 7 nitrogen and oxygen atoms in total. The summed E-state index contributed by atoms with van der Waals surface area (Å²) >= 11 is 0. The van der Waals surface area contributed by atoms with Crippen LogP contribution in [0.3, 0.4) is 0 Å². The van der Waals surface area contributed by atoms with Gasteiger partial charge in [0.25, 0.3) is 0 Å². The van der Waals surface area contributed by atoms with Crippen LogP contribution in [0.15, 0.2) is 65.9 Å². The van der Waals surface area contributed by atoms with Crippen molar-refractivity contribution in [3.05, 3.63) is 65.9 Å². The highest BCUT2D eigenvalue weighted by Gasteiger charge is 2.36. The zero-order valence-corrected chi connectivity index (χ0v) is 15.5. The quantitative estimate of drug-likeness (QED) is 0.778. The van der Waals surface area contributed by atoms with Crippen LogP contribution >= 0.6 is 0 Å². The van der Waals surface area contributed by atoms with Crippen LogP contribution in [0.2, 0.25) is 0 Å². The standard InChI is InChI=1S/C21H20N2O5/c1-13-19(21(26)27-2)17(12-18(24)22-13)20(25)23-14-8-10-16(11-9-14)28-15-6-4-3-5-7-15/h3-11,17H,12H2,1-2H3,(H,22,24)(H,23,25)/t17-/m0/s1. The predicted octanol–water partition coefficient (Wildman–Crippen LogP) is 3.00. The predicted molar refractivity (Wildman–Crippen MR) is 103 cm³/mol. The average Bonchev–Trinajstić information content (AvgIpc) is 2.69. The molecule has 2 N–H and O–H groups in total. The molecule has 1 aliphatic heterocycles. The van der Waals surface area contributed by atoms with Crippen LogP contribution in [0, 0.1) is 5.92 Å². The molecule has 0 bridgehead atoms. The Kier molecular flexibility index (Phi) is 5.74. The average molecular weight is 380 g/mol. The minimum atomic E-state index is -0.915. The Morgan fingerprint density at radius 1 is 1.04 bits per heavy atom. The largest absolute Gasteiger partial charge is 0.466 e. The molecule has 0 aliphatic carbocycles. The van der Waals surface area contributed by atoms with Crippen LogP contribution in [0.5, 0.6) is 11.5 Å². The smallest absolute Gasteiger partial charge is 0.336 e. The fraction of sp³-hybridized carbons (Fsp3) is 0.190. The monoisotopic (exact) mass is 380 g/mol. The molecule has 0 saturated carbocycles. The summed E-state index contributed by atoms with van der Waals surface area (Å²) in [7, 11) is 1.24. The molecule has 1 atom stereocenters. The number of ether oxygens (including phenoxy) is 2. The summed E-state index contributed by atoms with van der Waals surface area (Å²) in [5.41, 5.74) is 1.01. The Hall–Kier alpha value is -3.61. The molecule has 7 heteroatoms. The Labute approximate surface area is 162 Å². The molecule has 0 fully saturated rings. The number of rotatable bonds is 5. The second-order valence-electron chi connectivity index (χ2n) is 6.26. The van der Waals surface area contributed by atoms with E-state index < -0.39 is 17.8 Å². The number of hydrogen-bond acceptors (Lipinski definition) is 5. The van der Waals surface area contributed by atoms with E-state index in [4.69, 9.17) is 9.47 Å². The van der Waals surface area contributed by atoms with E-state index in [0.29, 0.717) is 22.9 Å². The van der Waals surface area contributed by atoms with Gasteiger partial charge in [0.15, 0.2) is 0 Å².